The quantitative estimate of drug-likeness (QED) is 0.499. The maximum absolute atomic E-state index is 12.3. The van der Waals surface area contributed by atoms with Crippen LogP contribution in [0.5, 0.6) is 11.5 Å². The van der Waals surface area contributed by atoms with E-state index in [1.807, 2.05) is 0 Å². The molecule has 2 aromatic carbocycles. The molecule has 162 valence electrons. The number of phenols is 1. The fourth-order valence-corrected chi connectivity index (χ4v) is 3.23. The van der Waals surface area contributed by atoms with Crippen molar-refractivity contribution in [1.82, 2.24) is 10.3 Å². The van der Waals surface area contributed by atoms with E-state index in [0.717, 1.165) is 0 Å². The number of hydrogen-bond acceptors (Lipinski definition) is 7. The normalized spacial score (nSPS) is 11.7. The second-order valence-electron chi connectivity index (χ2n) is 7.09. The Kier molecular flexibility index (Phi) is 6.59. The highest BCUT2D eigenvalue weighted by molar-refractivity contribution is 6.07. The van der Waals surface area contributed by atoms with Crippen LogP contribution in [0.15, 0.2) is 42.5 Å². The third-order valence-electron chi connectivity index (χ3n) is 4.65. The minimum Gasteiger partial charge on any atom is -0.508 e. The van der Waals surface area contributed by atoms with Crippen LogP contribution in [0.25, 0.3) is 10.9 Å². The van der Waals surface area contributed by atoms with Gasteiger partial charge in [-0.15, -0.1) is 0 Å². The molecule has 1 atom stereocenters. The van der Waals surface area contributed by atoms with Gasteiger partial charge in [-0.25, -0.2) is 4.79 Å². The van der Waals surface area contributed by atoms with Crippen molar-refractivity contribution in [2.75, 3.05) is 18.9 Å². The summed E-state index contributed by atoms with van der Waals surface area (Å²) in [6.45, 7) is 5.60. The molecular formula is C23H25N3O5. The molecule has 8 nitrogen and oxygen atoms in total. The van der Waals surface area contributed by atoms with E-state index in [2.05, 4.69) is 10.3 Å². The molecule has 1 unspecified atom stereocenters. The van der Waals surface area contributed by atoms with Gasteiger partial charge in [-0.1, -0.05) is 12.1 Å². The molecule has 1 amide bonds. The Hall–Kier alpha value is -3.81. The van der Waals surface area contributed by atoms with E-state index < -0.39 is 5.97 Å². The zero-order valence-corrected chi connectivity index (χ0v) is 17.6. The Morgan fingerprint density at radius 3 is 2.68 bits per heavy atom. The molecule has 1 heterocycles. The van der Waals surface area contributed by atoms with Gasteiger partial charge in [0.2, 0.25) is 0 Å². The summed E-state index contributed by atoms with van der Waals surface area (Å²) in [5.41, 5.74) is 8.20. The molecule has 0 aliphatic heterocycles. The molecule has 0 saturated heterocycles. The number of nitrogen functional groups attached to an aromatic ring is 1. The summed E-state index contributed by atoms with van der Waals surface area (Å²) in [5.74, 6) is -0.394. The van der Waals surface area contributed by atoms with Crippen molar-refractivity contribution in [2.24, 2.45) is 0 Å². The van der Waals surface area contributed by atoms with Crippen LogP contribution in [-0.2, 0) is 4.74 Å². The number of benzene rings is 2. The van der Waals surface area contributed by atoms with E-state index in [1.54, 1.807) is 51.1 Å². The van der Waals surface area contributed by atoms with Gasteiger partial charge in [0.1, 0.15) is 23.7 Å². The first-order valence-corrected chi connectivity index (χ1v) is 9.90. The van der Waals surface area contributed by atoms with E-state index in [0.29, 0.717) is 27.9 Å². The van der Waals surface area contributed by atoms with Crippen molar-refractivity contribution in [3.05, 3.63) is 59.3 Å². The van der Waals surface area contributed by atoms with Crippen LogP contribution in [0, 0.1) is 6.92 Å². The molecular weight excluding hydrogens is 398 g/mol. The third kappa shape index (κ3) is 4.85. The third-order valence-corrected chi connectivity index (χ3v) is 4.65. The number of phenolic OH excluding ortho intramolecular Hbond substituents is 1. The van der Waals surface area contributed by atoms with E-state index in [9.17, 15) is 14.7 Å². The molecule has 0 aliphatic rings. The second kappa shape index (κ2) is 9.34. The number of aryl methyl sites for hydroxylation is 1. The highest BCUT2D eigenvalue weighted by Crippen LogP contribution is 2.33. The SMILES string of the molecule is CCOC(=O)c1c(C)nc2cccc(OCC(C)NC(=O)c3cccc(O)c3)c2c1N. The molecule has 0 fully saturated rings. The molecule has 0 radical (unpaired) electrons. The molecule has 0 bridgehead atoms. The number of hydrogen-bond donors (Lipinski definition) is 3. The Labute approximate surface area is 180 Å². The largest absolute Gasteiger partial charge is 0.508 e. The molecule has 0 saturated carbocycles. The highest BCUT2D eigenvalue weighted by atomic mass is 16.5. The van der Waals surface area contributed by atoms with E-state index >= 15 is 0 Å². The summed E-state index contributed by atoms with van der Waals surface area (Å²) in [5, 5.41) is 12.9. The summed E-state index contributed by atoms with van der Waals surface area (Å²) < 4.78 is 11.0. The predicted octanol–water partition coefficient (Wildman–Crippen LogP) is 3.21. The van der Waals surface area contributed by atoms with Crippen molar-refractivity contribution in [1.29, 1.82) is 0 Å². The van der Waals surface area contributed by atoms with Gasteiger partial charge in [0.05, 0.1) is 34.9 Å². The van der Waals surface area contributed by atoms with E-state index in [-0.39, 0.29) is 42.2 Å². The number of esters is 1. The number of anilines is 1. The van der Waals surface area contributed by atoms with Crippen molar-refractivity contribution in [2.45, 2.75) is 26.8 Å². The number of aromatic hydroxyl groups is 1. The first-order chi connectivity index (χ1) is 14.8. The van der Waals surface area contributed by atoms with Gasteiger partial charge < -0.3 is 25.6 Å². The number of pyridine rings is 1. The van der Waals surface area contributed by atoms with Gasteiger partial charge in [-0.2, -0.15) is 0 Å². The molecule has 0 spiro atoms. The number of nitrogens with one attached hydrogen (secondary N) is 1. The van der Waals surface area contributed by atoms with Crippen LogP contribution in [0.3, 0.4) is 0 Å². The molecule has 3 aromatic rings. The van der Waals surface area contributed by atoms with Crippen LogP contribution in [0.2, 0.25) is 0 Å². The van der Waals surface area contributed by atoms with Gasteiger partial charge in [-0.05, 0) is 51.1 Å². The Balaban J connectivity index is 1.80. The lowest BCUT2D eigenvalue weighted by Gasteiger charge is -2.18. The van der Waals surface area contributed by atoms with Gasteiger partial charge >= 0.3 is 5.97 Å². The van der Waals surface area contributed by atoms with Gasteiger partial charge in [0, 0.05) is 5.56 Å². The summed E-state index contributed by atoms with van der Waals surface area (Å²) in [7, 11) is 0. The lowest BCUT2D eigenvalue weighted by molar-refractivity contribution is 0.0526. The second-order valence-corrected chi connectivity index (χ2v) is 7.09. The maximum atomic E-state index is 12.3. The lowest BCUT2D eigenvalue weighted by atomic mass is 10.1. The fourth-order valence-electron chi connectivity index (χ4n) is 3.23. The number of rotatable bonds is 7. The number of aromatic nitrogens is 1. The van der Waals surface area contributed by atoms with Gasteiger partial charge in [0.25, 0.3) is 5.91 Å². The number of carbonyl (C=O) groups excluding carboxylic acids is 2. The van der Waals surface area contributed by atoms with Crippen LogP contribution >= 0.6 is 0 Å². The van der Waals surface area contributed by atoms with Crippen molar-refractivity contribution < 1.29 is 24.2 Å². The topological polar surface area (TPSA) is 124 Å². The number of nitrogens with zero attached hydrogens (tertiary/aromatic N) is 1. The summed E-state index contributed by atoms with van der Waals surface area (Å²) >= 11 is 0. The maximum Gasteiger partial charge on any atom is 0.342 e. The average molecular weight is 423 g/mol. The fraction of sp³-hybridized carbons (Fsp3) is 0.261. The Morgan fingerprint density at radius 1 is 1.23 bits per heavy atom. The van der Waals surface area contributed by atoms with Crippen molar-refractivity contribution >= 4 is 28.5 Å². The first-order valence-electron chi connectivity index (χ1n) is 9.90. The average Bonchev–Trinajstić information content (AvgIpc) is 2.72. The van der Waals surface area contributed by atoms with Crippen LogP contribution in [0.1, 0.15) is 40.3 Å². The number of fused-ring (bicyclic) bond motifs is 1. The summed E-state index contributed by atoms with van der Waals surface area (Å²) in [6.07, 6.45) is 0. The number of carbonyl (C=O) groups is 2. The molecule has 4 N–H and O–H groups in total. The molecule has 3 rings (SSSR count). The number of ether oxygens (including phenoxy) is 2. The Bertz CT molecular complexity index is 1130. The Morgan fingerprint density at radius 2 is 1.97 bits per heavy atom. The smallest absolute Gasteiger partial charge is 0.342 e. The number of amides is 1. The zero-order valence-electron chi connectivity index (χ0n) is 17.6. The zero-order chi connectivity index (χ0) is 22.5. The minimum absolute atomic E-state index is 0.0166. The van der Waals surface area contributed by atoms with Crippen LogP contribution < -0.4 is 15.8 Å². The highest BCUT2D eigenvalue weighted by Gasteiger charge is 2.21. The van der Waals surface area contributed by atoms with Gasteiger partial charge in [-0.3, -0.25) is 9.78 Å². The summed E-state index contributed by atoms with van der Waals surface area (Å²) in [6, 6.07) is 11.0. The van der Waals surface area contributed by atoms with E-state index in [1.165, 1.54) is 12.1 Å². The van der Waals surface area contributed by atoms with Crippen molar-refractivity contribution in [3.63, 3.8) is 0 Å². The molecule has 0 aliphatic carbocycles. The molecule has 8 heteroatoms. The minimum atomic E-state index is -0.534. The van der Waals surface area contributed by atoms with Crippen molar-refractivity contribution in [3.8, 4) is 11.5 Å². The van der Waals surface area contributed by atoms with Crippen LogP contribution in [0.4, 0.5) is 5.69 Å². The monoisotopic (exact) mass is 423 g/mol. The van der Waals surface area contributed by atoms with Crippen LogP contribution in [-0.4, -0.2) is 41.2 Å². The molecule has 1 aromatic heterocycles. The van der Waals surface area contributed by atoms with Gasteiger partial charge in [0.15, 0.2) is 0 Å². The standard InChI is InChI=1S/C23H25N3O5/c1-4-30-23(29)19-14(3)26-17-9-6-10-18(20(17)21(19)24)31-12-13(2)25-22(28)15-7-5-8-16(27)11-15/h5-11,13,27H,4,12H2,1-3H3,(H2,24,26)(H,25,28). The first kappa shape index (κ1) is 21.9. The van der Waals surface area contributed by atoms with E-state index in [4.69, 9.17) is 15.2 Å². The summed E-state index contributed by atoms with van der Waals surface area (Å²) in [4.78, 5) is 29.2. The lowest BCUT2D eigenvalue weighted by Crippen LogP contribution is -2.36. The number of nitrogens with two attached hydrogens (primary N) is 1. The predicted molar refractivity (Wildman–Crippen MR) is 117 cm³/mol. The molecule has 31 heavy (non-hydrogen) atoms.